The minimum absolute atomic E-state index is 0.163. The summed E-state index contributed by atoms with van der Waals surface area (Å²) in [4.78, 5) is 1.86. The molecule has 0 bridgehead atoms. The Morgan fingerprint density at radius 2 is 1.65 bits per heavy atom. The first-order valence-electron chi connectivity index (χ1n) is 6.26. The van der Waals surface area contributed by atoms with E-state index < -0.39 is 0 Å². The van der Waals surface area contributed by atoms with Gasteiger partial charge in [-0.05, 0) is 19.9 Å². The maximum absolute atomic E-state index is 8.34. The summed E-state index contributed by atoms with van der Waals surface area (Å²) in [5, 5.41) is 25.0. The molecule has 0 unspecified atom stereocenters. The second kappa shape index (κ2) is 12.3. The number of aliphatic hydroxyl groups excluding tert-OH is 2. The fraction of sp³-hybridized carbons (Fsp3) is 1.00. The molecular formula is C11H25BNO4. The van der Waals surface area contributed by atoms with E-state index in [0.717, 1.165) is 20.5 Å². The molecule has 0 atom stereocenters. The van der Waals surface area contributed by atoms with E-state index in [-0.39, 0.29) is 13.2 Å². The highest BCUT2D eigenvalue weighted by Crippen LogP contribution is 2.19. The lowest BCUT2D eigenvalue weighted by Crippen LogP contribution is -2.25. The summed E-state index contributed by atoms with van der Waals surface area (Å²) in [5.74, 6) is 0. The summed E-state index contributed by atoms with van der Waals surface area (Å²) >= 11 is 0. The SMILES string of the molecule is CN(CCO)CCO.O[B]OC1CCCCC1. The van der Waals surface area contributed by atoms with E-state index in [0.29, 0.717) is 19.2 Å². The van der Waals surface area contributed by atoms with Crippen molar-refractivity contribution in [3.05, 3.63) is 0 Å². The second-order valence-corrected chi connectivity index (χ2v) is 4.25. The molecule has 0 aliphatic heterocycles. The summed E-state index contributed by atoms with van der Waals surface area (Å²) in [6.07, 6.45) is 6.33. The molecule has 1 aliphatic carbocycles. The molecule has 101 valence electrons. The number of aliphatic hydroxyl groups is 2. The van der Waals surface area contributed by atoms with Crippen LogP contribution in [0, 0.1) is 0 Å². The van der Waals surface area contributed by atoms with Gasteiger partial charge in [0.1, 0.15) is 0 Å². The van der Waals surface area contributed by atoms with Gasteiger partial charge < -0.3 is 24.8 Å². The summed E-state index contributed by atoms with van der Waals surface area (Å²) < 4.78 is 4.91. The Morgan fingerprint density at radius 1 is 1.12 bits per heavy atom. The van der Waals surface area contributed by atoms with Gasteiger partial charge in [0.15, 0.2) is 0 Å². The van der Waals surface area contributed by atoms with Gasteiger partial charge in [-0.1, -0.05) is 19.3 Å². The average molecular weight is 246 g/mol. The number of rotatable bonds is 6. The lowest BCUT2D eigenvalue weighted by molar-refractivity contribution is 0.140. The molecule has 0 aromatic carbocycles. The van der Waals surface area contributed by atoms with E-state index >= 15 is 0 Å². The van der Waals surface area contributed by atoms with Crippen LogP contribution in [0.1, 0.15) is 32.1 Å². The molecule has 3 N–H and O–H groups in total. The molecule has 0 spiro atoms. The van der Waals surface area contributed by atoms with Crippen molar-refractivity contribution in [2.75, 3.05) is 33.4 Å². The van der Waals surface area contributed by atoms with Crippen LogP contribution in [0.4, 0.5) is 0 Å². The number of hydrogen-bond donors (Lipinski definition) is 3. The van der Waals surface area contributed by atoms with Crippen molar-refractivity contribution in [3.8, 4) is 0 Å². The monoisotopic (exact) mass is 246 g/mol. The summed E-state index contributed by atoms with van der Waals surface area (Å²) in [5.41, 5.74) is 0. The largest absolute Gasteiger partial charge is 0.485 e. The smallest absolute Gasteiger partial charge is 0.429 e. The third-order valence-corrected chi connectivity index (χ3v) is 2.77. The number of nitrogens with zero attached hydrogens (tertiary/aromatic N) is 1. The Balaban J connectivity index is 0.000000304. The Kier molecular flexibility index (Phi) is 12.2. The molecular weight excluding hydrogens is 221 g/mol. The highest BCUT2D eigenvalue weighted by Gasteiger charge is 2.12. The first-order chi connectivity index (χ1) is 8.24. The van der Waals surface area contributed by atoms with Crippen LogP contribution in [0.25, 0.3) is 0 Å². The lowest BCUT2D eigenvalue weighted by Gasteiger charge is -2.20. The zero-order valence-electron chi connectivity index (χ0n) is 10.7. The van der Waals surface area contributed by atoms with Gasteiger partial charge in [-0.3, -0.25) is 0 Å². The van der Waals surface area contributed by atoms with Gasteiger partial charge in [-0.2, -0.15) is 0 Å². The van der Waals surface area contributed by atoms with E-state index in [1.54, 1.807) is 0 Å². The molecule has 1 aliphatic rings. The van der Waals surface area contributed by atoms with Crippen molar-refractivity contribution in [2.45, 2.75) is 38.2 Å². The molecule has 0 heterocycles. The molecule has 1 fully saturated rings. The molecule has 6 heteroatoms. The molecule has 1 radical (unpaired) electrons. The Hall–Kier alpha value is -0.135. The first-order valence-corrected chi connectivity index (χ1v) is 6.26. The van der Waals surface area contributed by atoms with Crippen molar-refractivity contribution in [1.29, 1.82) is 0 Å². The van der Waals surface area contributed by atoms with Crippen molar-refractivity contribution in [1.82, 2.24) is 4.90 Å². The van der Waals surface area contributed by atoms with E-state index in [2.05, 4.69) is 0 Å². The van der Waals surface area contributed by atoms with Crippen LogP contribution in [0.5, 0.6) is 0 Å². The molecule has 0 aromatic rings. The molecule has 0 aromatic heterocycles. The average Bonchev–Trinajstić information content (AvgIpc) is 2.32. The van der Waals surface area contributed by atoms with Gasteiger partial charge in [-0.25, -0.2) is 0 Å². The third kappa shape index (κ3) is 10.7. The topological polar surface area (TPSA) is 73.2 Å². The molecule has 1 saturated carbocycles. The van der Waals surface area contributed by atoms with E-state index in [9.17, 15) is 0 Å². The highest BCUT2D eigenvalue weighted by molar-refractivity contribution is 6.15. The van der Waals surface area contributed by atoms with Crippen LogP contribution in [0.2, 0.25) is 0 Å². The first kappa shape index (κ1) is 16.9. The Bertz CT molecular complexity index is 148. The van der Waals surface area contributed by atoms with Gasteiger partial charge >= 0.3 is 7.69 Å². The van der Waals surface area contributed by atoms with Gasteiger partial charge in [0, 0.05) is 19.2 Å². The molecule has 0 amide bonds. The van der Waals surface area contributed by atoms with Gasteiger partial charge in [0.25, 0.3) is 0 Å². The maximum Gasteiger partial charge on any atom is 0.485 e. The zero-order valence-corrected chi connectivity index (χ0v) is 10.7. The fourth-order valence-electron chi connectivity index (χ4n) is 1.74. The minimum Gasteiger partial charge on any atom is -0.429 e. The van der Waals surface area contributed by atoms with Crippen molar-refractivity contribution < 1.29 is 19.9 Å². The van der Waals surface area contributed by atoms with Crippen LogP contribution in [0.15, 0.2) is 0 Å². The summed E-state index contributed by atoms with van der Waals surface area (Å²) in [6, 6.07) is 0. The van der Waals surface area contributed by atoms with Gasteiger partial charge in [-0.15, -0.1) is 0 Å². The highest BCUT2D eigenvalue weighted by atomic mass is 16.5. The molecule has 1 rings (SSSR count). The maximum atomic E-state index is 8.34. The predicted octanol–water partition coefficient (Wildman–Crippen LogP) is -0.235. The van der Waals surface area contributed by atoms with E-state index in [1.807, 2.05) is 11.9 Å². The van der Waals surface area contributed by atoms with Crippen molar-refractivity contribution in [2.24, 2.45) is 0 Å². The third-order valence-electron chi connectivity index (χ3n) is 2.77. The number of likely N-dealkylation sites (N-methyl/N-ethyl adjacent to an activating group) is 1. The van der Waals surface area contributed by atoms with Crippen LogP contribution in [0.3, 0.4) is 0 Å². The van der Waals surface area contributed by atoms with Crippen LogP contribution >= 0.6 is 0 Å². The lowest BCUT2D eigenvalue weighted by atomic mass is 9.97. The van der Waals surface area contributed by atoms with Crippen molar-refractivity contribution in [3.63, 3.8) is 0 Å². The van der Waals surface area contributed by atoms with Crippen molar-refractivity contribution >= 4 is 7.69 Å². The zero-order chi connectivity index (χ0) is 12.9. The quantitative estimate of drug-likeness (QED) is 0.564. The standard InChI is InChI=1S/C6H12BO2.C5H13NO2/c8-7-9-6-4-2-1-3-5-6;1-6(2-4-7)3-5-8/h6,8H,1-5H2;7-8H,2-5H2,1H3. The molecule has 0 saturated heterocycles. The van der Waals surface area contributed by atoms with Crippen LogP contribution in [-0.2, 0) is 4.65 Å². The Morgan fingerprint density at radius 3 is 2.06 bits per heavy atom. The Labute approximate surface area is 105 Å². The van der Waals surface area contributed by atoms with Crippen LogP contribution < -0.4 is 0 Å². The molecule has 5 nitrogen and oxygen atoms in total. The van der Waals surface area contributed by atoms with Gasteiger partial charge in [0.05, 0.1) is 13.2 Å². The number of hydrogen-bond acceptors (Lipinski definition) is 5. The normalized spacial score (nSPS) is 16.5. The van der Waals surface area contributed by atoms with E-state index in [4.69, 9.17) is 19.9 Å². The fourth-order valence-corrected chi connectivity index (χ4v) is 1.74. The second-order valence-electron chi connectivity index (χ2n) is 4.25. The summed E-state index contributed by atoms with van der Waals surface area (Å²) in [6.45, 7) is 1.61. The summed E-state index contributed by atoms with van der Waals surface area (Å²) in [7, 11) is 2.67. The minimum atomic E-state index is 0.163. The predicted molar refractivity (Wildman–Crippen MR) is 67.6 cm³/mol. The van der Waals surface area contributed by atoms with E-state index in [1.165, 1.54) is 19.3 Å². The molecule has 17 heavy (non-hydrogen) atoms. The van der Waals surface area contributed by atoms with Gasteiger partial charge in [0.2, 0.25) is 0 Å². The van der Waals surface area contributed by atoms with Crippen LogP contribution in [-0.4, -0.2) is 67.3 Å².